The second-order valence-corrected chi connectivity index (χ2v) is 5.76. The normalized spacial score (nSPS) is 18.2. The van der Waals surface area contributed by atoms with Gasteiger partial charge in [-0.2, -0.15) is 5.10 Å². The predicted molar refractivity (Wildman–Crippen MR) is 89.1 cm³/mol. The summed E-state index contributed by atoms with van der Waals surface area (Å²) in [5.41, 5.74) is -0.296. The van der Waals surface area contributed by atoms with Crippen LogP contribution in [0.1, 0.15) is 36.4 Å². The molecular weight excluding hydrogens is 310 g/mol. The van der Waals surface area contributed by atoms with Crippen molar-refractivity contribution in [1.82, 2.24) is 19.5 Å². The SMILES string of the molecule is Cn1c(O)c(C=NN2CCCC[C@H]2c2cccnc2)c(=O)[nH]c1=O. The van der Waals surface area contributed by atoms with Crippen molar-refractivity contribution < 1.29 is 5.11 Å². The van der Waals surface area contributed by atoms with Crippen molar-refractivity contribution in [2.75, 3.05) is 6.54 Å². The van der Waals surface area contributed by atoms with Crippen LogP contribution < -0.4 is 11.2 Å². The molecule has 0 aromatic carbocycles. The van der Waals surface area contributed by atoms with Crippen LogP contribution in [0.25, 0.3) is 0 Å². The fourth-order valence-corrected chi connectivity index (χ4v) is 2.84. The van der Waals surface area contributed by atoms with Crippen molar-refractivity contribution in [2.45, 2.75) is 25.3 Å². The van der Waals surface area contributed by atoms with Gasteiger partial charge in [0.15, 0.2) is 0 Å². The molecule has 1 aliphatic heterocycles. The van der Waals surface area contributed by atoms with Crippen LogP contribution in [-0.2, 0) is 7.05 Å². The topological polar surface area (TPSA) is 104 Å². The number of nitrogens with zero attached hydrogens (tertiary/aromatic N) is 4. The van der Waals surface area contributed by atoms with Crippen LogP contribution in [0.3, 0.4) is 0 Å². The van der Waals surface area contributed by atoms with Crippen molar-refractivity contribution in [2.24, 2.45) is 12.1 Å². The average molecular weight is 329 g/mol. The molecule has 2 aromatic heterocycles. The summed E-state index contributed by atoms with van der Waals surface area (Å²) < 4.78 is 0.970. The summed E-state index contributed by atoms with van der Waals surface area (Å²) in [6.07, 6.45) is 7.89. The summed E-state index contributed by atoms with van der Waals surface area (Å²) >= 11 is 0. The van der Waals surface area contributed by atoms with Crippen molar-refractivity contribution >= 4 is 6.21 Å². The Kier molecular flexibility index (Phi) is 4.45. The van der Waals surface area contributed by atoms with Gasteiger partial charge in [-0.15, -0.1) is 0 Å². The van der Waals surface area contributed by atoms with E-state index in [-0.39, 0.29) is 11.6 Å². The second kappa shape index (κ2) is 6.69. The predicted octanol–water partition coefficient (Wildman–Crippen LogP) is 0.735. The molecule has 1 saturated heterocycles. The minimum Gasteiger partial charge on any atom is -0.494 e. The number of aromatic amines is 1. The lowest BCUT2D eigenvalue weighted by molar-refractivity contribution is 0.156. The van der Waals surface area contributed by atoms with Gasteiger partial charge >= 0.3 is 5.69 Å². The first-order valence-electron chi connectivity index (χ1n) is 7.80. The molecule has 0 spiro atoms. The van der Waals surface area contributed by atoms with E-state index in [1.807, 2.05) is 23.3 Å². The Balaban J connectivity index is 1.92. The van der Waals surface area contributed by atoms with E-state index in [2.05, 4.69) is 15.1 Å². The quantitative estimate of drug-likeness (QED) is 0.808. The van der Waals surface area contributed by atoms with Gasteiger partial charge in [-0.05, 0) is 30.9 Å². The lowest BCUT2D eigenvalue weighted by Crippen LogP contribution is -2.32. The van der Waals surface area contributed by atoms with Crippen molar-refractivity contribution in [3.05, 3.63) is 56.5 Å². The van der Waals surface area contributed by atoms with E-state index >= 15 is 0 Å². The summed E-state index contributed by atoms with van der Waals surface area (Å²) in [5.74, 6) is -0.401. The molecule has 0 radical (unpaired) electrons. The molecule has 24 heavy (non-hydrogen) atoms. The highest BCUT2D eigenvalue weighted by molar-refractivity contribution is 5.81. The fraction of sp³-hybridized carbons (Fsp3) is 0.375. The largest absolute Gasteiger partial charge is 0.494 e. The Morgan fingerprint density at radius 3 is 3.00 bits per heavy atom. The van der Waals surface area contributed by atoms with Gasteiger partial charge in [0.1, 0.15) is 5.56 Å². The molecule has 3 rings (SSSR count). The van der Waals surface area contributed by atoms with Crippen molar-refractivity contribution in [3.63, 3.8) is 0 Å². The van der Waals surface area contributed by atoms with Gasteiger partial charge in [-0.3, -0.25) is 24.3 Å². The molecule has 0 saturated carbocycles. The van der Waals surface area contributed by atoms with E-state index < -0.39 is 17.1 Å². The molecule has 1 atom stereocenters. The number of aromatic hydroxyl groups is 1. The molecule has 8 heteroatoms. The fourth-order valence-electron chi connectivity index (χ4n) is 2.84. The maximum atomic E-state index is 11.9. The van der Waals surface area contributed by atoms with E-state index in [1.54, 1.807) is 6.20 Å². The number of H-pyrrole nitrogens is 1. The second-order valence-electron chi connectivity index (χ2n) is 5.76. The summed E-state index contributed by atoms with van der Waals surface area (Å²) in [6.45, 7) is 0.750. The molecule has 0 amide bonds. The van der Waals surface area contributed by atoms with Crippen LogP contribution in [0.15, 0.2) is 39.2 Å². The van der Waals surface area contributed by atoms with Crippen molar-refractivity contribution in [1.29, 1.82) is 0 Å². The zero-order valence-electron chi connectivity index (χ0n) is 13.3. The smallest absolute Gasteiger partial charge is 0.330 e. The highest BCUT2D eigenvalue weighted by Gasteiger charge is 2.23. The molecule has 2 N–H and O–H groups in total. The third-order valence-electron chi connectivity index (χ3n) is 4.21. The van der Waals surface area contributed by atoms with Crippen LogP contribution in [0.5, 0.6) is 5.88 Å². The first-order chi connectivity index (χ1) is 11.6. The molecule has 8 nitrogen and oxygen atoms in total. The highest BCUT2D eigenvalue weighted by atomic mass is 16.3. The van der Waals surface area contributed by atoms with Gasteiger partial charge in [0.2, 0.25) is 5.88 Å². The Morgan fingerprint density at radius 2 is 2.25 bits per heavy atom. The van der Waals surface area contributed by atoms with Gasteiger partial charge in [0, 0.05) is 26.0 Å². The Hall–Kier alpha value is -2.90. The summed E-state index contributed by atoms with van der Waals surface area (Å²) in [5, 5.41) is 16.3. The zero-order chi connectivity index (χ0) is 17.1. The Bertz CT molecular complexity index is 856. The van der Waals surface area contributed by atoms with Gasteiger partial charge in [-0.1, -0.05) is 6.07 Å². The van der Waals surface area contributed by atoms with Gasteiger partial charge in [-0.25, -0.2) is 4.79 Å². The van der Waals surface area contributed by atoms with Gasteiger partial charge in [0.05, 0.1) is 12.3 Å². The van der Waals surface area contributed by atoms with E-state index in [0.29, 0.717) is 0 Å². The van der Waals surface area contributed by atoms with Crippen LogP contribution in [0.4, 0.5) is 0 Å². The van der Waals surface area contributed by atoms with E-state index in [4.69, 9.17) is 0 Å². The summed E-state index contributed by atoms with van der Waals surface area (Å²) in [7, 11) is 1.38. The third kappa shape index (κ3) is 3.08. The maximum Gasteiger partial charge on any atom is 0.330 e. The molecule has 2 aromatic rings. The number of pyridine rings is 1. The summed E-state index contributed by atoms with van der Waals surface area (Å²) in [4.78, 5) is 29.6. The first-order valence-corrected chi connectivity index (χ1v) is 7.80. The standard InChI is InChI=1S/C16H19N5O3/c1-20-15(23)12(14(22)19-16(20)24)10-18-21-8-3-2-6-13(21)11-5-4-7-17-9-11/h4-5,7,9-10,13,23H,2-3,6,8H2,1H3,(H,19,22,24)/t13-/m0/s1. The monoisotopic (exact) mass is 329 g/mol. The molecule has 0 aliphatic carbocycles. The Morgan fingerprint density at radius 1 is 1.42 bits per heavy atom. The lowest BCUT2D eigenvalue weighted by Gasteiger charge is -2.33. The Labute approximate surface area is 138 Å². The number of nitrogens with one attached hydrogen (secondary N) is 1. The number of hydrazone groups is 1. The molecular formula is C16H19N5O3. The van der Waals surface area contributed by atoms with Crippen LogP contribution in [-0.4, -0.2) is 37.4 Å². The van der Waals surface area contributed by atoms with Crippen LogP contribution in [0, 0.1) is 0 Å². The minimum atomic E-state index is -0.666. The molecule has 3 heterocycles. The number of hydrogen-bond acceptors (Lipinski definition) is 6. The maximum absolute atomic E-state index is 11.9. The van der Waals surface area contributed by atoms with Gasteiger partial charge < -0.3 is 5.11 Å². The minimum absolute atomic E-state index is 0.0346. The van der Waals surface area contributed by atoms with Crippen LogP contribution >= 0.6 is 0 Å². The van der Waals surface area contributed by atoms with Gasteiger partial charge in [0.25, 0.3) is 5.56 Å². The molecule has 1 aliphatic rings. The molecule has 126 valence electrons. The van der Waals surface area contributed by atoms with E-state index in [0.717, 1.165) is 35.9 Å². The average Bonchev–Trinajstić information content (AvgIpc) is 2.61. The lowest BCUT2D eigenvalue weighted by atomic mass is 9.98. The third-order valence-corrected chi connectivity index (χ3v) is 4.21. The zero-order valence-corrected chi connectivity index (χ0v) is 13.3. The molecule has 0 bridgehead atoms. The number of rotatable bonds is 3. The van der Waals surface area contributed by atoms with E-state index in [1.165, 1.54) is 13.3 Å². The molecule has 1 fully saturated rings. The van der Waals surface area contributed by atoms with E-state index in [9.17, 15) is 14.7 Å². The van der Waals surface area contributed by atoms with Crippen molar-refractivity contribution in [3.8, 4) is 5.88 Å². The number of hydrogen-bond donors (Lipinski definition) is 2. The molecule has 0 unspecified atom stereocenters. The number of aromatic nitrogens is 3. The number of piperidine rings is 1. The first kappa shape index (κ1) is 16.0. The highest BCUT2D eigenvalue weighted by Crippen LogP contribution is 2.30. The summed E-state index contributed by atoms with van der Waals surface area (Å²) in [6, 6.07) is 3.97. The van der Waals surface area contributed by atoms with Crippen LogP contribution in [0.2, 0.25) is 0 Å².